The Kier molecular flexibility index (Phi) is 5.20. The quantitative estimate of drug-likeness (QED) is 0.765. The van der Waals surface area contributed by atoms with Crippen LogP contribution in [0.4, 0.5) is 0 Å². The van der Waals surface area contributed by atoms with Crippen molar-refractivity contribution in [3.05, 3.63) is 59.7 Å². The van der Waals surface area contributed by atoms with Crippen LogP contribution in [0.1, 0.15) is 30.8 Å². The molecule has 0 aliphatic heterocycles. The van der Waals surface area contributed by atoms with Gasteiger partial charge in [-0.2, -0.15) is 0 Å². The van der Waals surface area contributed by atoms with E-state index in [1.807, 2.05) is 19.9 Å². The maximum Gasteiger partial charge on any atom is 0.132 e. The lowest BCUT2D eigenvalue weighted by atomic mass is 10.1. The summed E-state index contributed by atoms with van der Waals surface area (Å²) in [5.74, 6) is 0.873. The molecular weight excluding hydrogens is 196 g/mol. The fraction of sp³-hybridized carbons (Fsp3) is 0.286. The molecule has 2 nitrogen and oxygen atoms in total. The van der Waals surface area contributed by atoms with Crippen LogP contribution < -0.4 is 0 Å². The summed E-state index contributed by atoms with van der Waals surface area (Å²) in [7, 11) is 0. The summed E-state index contributed by atoms with van der Waals surface area (Å²) in [6, 6.07) is 10.3. The first-order valence-corrected chi connectivity index (χ1v) is 5.66. The molecule has 0 fully saturated rings. The molecule has 0 amide bonds. The highest BCUT2D eigenvalue weighted by Gasteiger charge is 1.97. The molecule has 2 aromatic rings. The summed E-state index contributed by atoms with van der Waals surface area (Å²) >= 11 is 0. The Hall–Kier alpha value is -1.70. The summed E-state index contributed by atoms with van der Waals surface area (Å²) in [5, 5.41) is 0. The van der Waals surface area contributed by atoms with E-state index in [2.05, 4.69) is 41.2 Å². The Bertz CT molecular complexity index is 410. The van der Waals surface area contributed by atoms with Gasteiger partial charge in [0.2, 0.25) is 0 Å². The molecule has 1 aromatic carbocycles. The maximum atomic E-state index is 4.19. The first kappa shape index (κ1) is 12.4. The van der Waals surface area contributed by atoms with Crippen molar-refractivity contribution in [2.45, 2.75) is 27.2 Å². The lowest BCUT2D eigenvalue weighted by molar-refractivity contribution is 0.966. The Balaban J connectivity index is 0.000000606. The molecule has 2 rings (SSSR count). The third-order valence-electron chi connectivity index (χ3n) is 2.06. The van der Waals surface area contributed by atoms with Crippen molar-refractivity contribution in [1.29, 1.82) is 0 Å². The molecule has 84 valence electrons. The van der Waals surface area contributed by atoms with Crippen molar-refractivity contribution < 1.29 is 0 Å². The monoisotopic (exact) mass is 214 g/mol. The molecule has 0 N–H and O–H groups in total. The van der Waals surface area contributed by atoms with E-state index < -0.39 is 0 Å². The average Bonchev–Trinajstić information content (AvgIpc) is 2.33. The van der Waals surface area contributed by atoms with Crippen molar-refractivity contribution in [2.75, 3.05) is 0 Å². The molecule has 0 atom stereocenters. The minimum absolute atomic E-state index is 0.808. The Labute approximate surface area is 97.4 Å². The zero-order chi connectivity index (χ0) is 11.8. The van der Waals surface area contributed by atoms with Crippen LogP contribution in [0.5, 0.6) is 0 Å². The predicted molar refractivity (Wildman–Crippen MR) is 67.4 cm³/mol. The lowest BCUT2D eigenvalue weighted by Gasteiger charge is -2.00. The van der Waals surface area contributed by atoms with Crippen molar-refractivity contribution in [3.63, 3.8) is 0 Å². The van der Waals surface area contributed by atoms with Gasteiger partial charge in [-0.3, -0.25) is 0 Å². The summed E-state index contributed by atoms with van der Waals surface area (Å²) in [5.41, 5.74) is 2.54. The standard InChI is InChI=1S/C12H12N2.C2H6/c1-10-4-2-5-11(8-10)9-12-13-6-3-7-14-12;1-2/h2-8H,9H2,1H3;1-2H3. The van der Waals surface area contributed by atoms with Gasteiger partial charge in [0.1, 0.15) is 5.82 Å². The predicted octanol–water partition coefficient (Wildman–Crippen LogP) is 3.40. The molecule has 0 aliphatic rings. The molecule has 16 heavy (non-hydrogen) atoms. The van der Waals surface area contributed by atoms with Gasteiger partial charge in [0.15, 0.2) is 0 Å². The molecule has 0 aliphatic carbocycles. The summed E-state index contributed by atoms with van der Waals surface area (Å²) in [6.07, 6.45) is 4.36. The van der Waals surface area contributed by atoms with Gasteiger partial charge in [-0.25, -0.2) is 9.97 Å². The van der Waals surface area contributed by atoms with E-state index in [0.29, 0.717) is 0 Å². The first-order chi connectivity index (χ1) is 7.84. The van der Waals surface area contributed by atoms with E-state index >= 15 is 0 Å². The number of hydrogen-bond donors (Lipinski definition) is 0. The van der Waals surface area contributed by atoms with Crippen LogP contribution >= 0.6 is 0 Å². The van der Waals surface area contributed by atoms with E-state index in [1.165, 1.54) is 11.1 Å². The largest absolute Gasteiger partial charge is 0.241 e. The van der Waals surface area contributed by atoms with Crippen LogP contribution in [0.2, 0.25) is 0 Å². The van der Waals surface area contributed by atoms with Gasteiger partial charge in [-0.05, 0) is 18.6 Å². The van der Waals surface area contributed by atoms with Gasteiger partial charge in [-0.15, -0.1) is 0 Å². The van der Waals surface area contributed by atoms with E-state index in [9.17, 15) is 0 Å². The zero-order valence-corrected chi connectivity index (χ0v) is 10.1. The summed E-state index contributed by atoms with van der Waals surface area (Å²) in [6.45, 7) is 6.09. The second-order valence-electron chi connectivity index (χ2n) is 3.33. The number of rotatable bonds is 2. The van der Waals surface area contributed by atoms with Crippen molar-refractivity contribution >= 4 is 0 Å². The molecule has 1 heterocycles. The number of benzene rings is 1. The third-order valence-corrected chi connectivity index (χ3v) is 2.06. The fourth-order valence-corrected chi connectivity index (χ4v) is 1.43. The van der Waals surface area contributed by atoms with Gasteiger partial charge in [-0.1, -0.05) is 43.7 Å². The van der Waals surface area contributed by atoms with Gasteiger partial charge >= 0.3 is 0 Å². The van der Waals surface area contributed by atoms with Gasteiger partial charge in [0.05, 0.1) is 0 Å². The second-order valence-corrected chi connectivity index (χ2v) is 3.33. The molecule has 0 unspecified atom stereocenters. The van der Waals surface area contributed by atoms with Crippen LogP contribution in [0, 0.1) is 6.92 Å². The molecular formula is C14H18N2. The number of nitrogens with zero attached hydrogens (tertiary/aromatic N) is 2. The minimum Gasteiger partial charge on any atom is -0.241 e. The second kappa shape index (κ2) is 6.72. The SMILES string of the molecule is CC.Cc1cccc(Cc2ncccn2)c1. The third kappa shape index (κ3) is 3.81. The molecule has 0 saturated carbocycles. The number of aryl methyl sites for hydroxylation is 1. The van der Waals surface area contributed by atoms with E-state index in [0.717, 1.165) is 12.2 Å². The van der Waals surface area contributed by atoms with Gasteiger partial charge < -0.3 is 0 Å². The van der Waals surface area contributed by atoms with Gasteiger partial charge in [0.25, 0.3) is 0 Å². The van der Waals surface area contributed by atoms with Gasteiger partial charge in [0, 0.05) is 18.8 Å². The normalized spacial score (nSPS) is 9.19. The number of aromatic nitrogens is 2. The van der Waals surface area contributed by atoms with E-state index in [-0.39, 0.29) is 0 Å². The average molecular weight is 214 g/mol. The van der Waals surface area contributed by atoms with Crippen LogP contribution in [0.25, 0.3) is 0 Å². The van der Waals surface area contributed by atoms with E-state index in [4.69, 9.17) is 0 Å². The van der Waals surface area contributed by atoms with Crippen LogP contribution in [0.15, 0.2) is 42.7 Å². The van der Waals surface area contributed by atoms with Crippen molar-refractivity contribution in [3.8, 4) is 0 Å². The highest BCUT2D eigenvalue weighted by molar-refractivity contribution is 5.24. The van der Waals surface area contributed by atoms with Crippen LogP contribution in [0.3, 0.4) is 0 Å². The van der Waals surface area contributed by atoms with Crippen LogP contribution in [-0.4, -0.2) is 9.97 Å². The molecule has 0 spiro atoms. The topological polar surface area (TPSA) is 25.8 Å². The molecule has 2 heteroatoms. The number of hydrogen-bond acceptors (Lipinski definition) is 2. The molecule has 0 radical (unpaired) electrons. The van der Waals surface area contributed by atoms with E-state index in [1.54, 1.807) is 12.4 Å². The smallest absolute Gasteiger partial charge is 0.132 e. The summed E-state index contributed by atoms with van der Waals surface area (Å²) < 4.78 is 0. The Morgan fingerprint density at radius 2 is 1.69 bits per heavy atom. The Morgan fingerprint density at radius 1 is 1.00 bits per heavy atom. The molecule has 1 aromatic heterocycles. The maximum absolute atomic E-state index is 4.19. The molecule has 0 saturated heterocycles. The fourth-order valence-electron chi connectivity index (χ4n) is 1.43. The van der Waals surface area contributed by atoms with Crippen LogP contribution in [-0.2, 0) is 6.42 Å². The highest BCUT2D eigenvalue weighted by atomic mass is 14.8. The highest BCUT2D eigenvalue weighted by Crippen LogP contribution is 2.07. The molecule has 0 bridgehead atoms. The zero-order valence-electron chi connectivity index (χ0n) is 10.1. The summed E-state index contributed by atoms with van der Waals surface area (Å²) in [4.78, 5) is 8.39. The first-order valence-electron chi connectivity index (χ1n) is 5.66. The van der Waals surface area contributed by atoms with Crippen molar-refractivity contribution in [1.82, 2.24) is 9.97 Å². The Morgan fingerprint density at radius 3 is 2.31 bits per heavy atom. The minimum atomic E-state index is 0.808. The van der Waals surface area contributed by atoms with Crippen molar-refractivity contribution in [2.24, 2.45) is 0 Å². The lowest BCUT2D eigenvalue weighted by Crippen LogP contribution is -1.94.